The summed E-state index contributed by atoms with van der Waals surface area (Å²) in [7, 11) is 0. The average Bonchev–Trinajstić information content (AvgIpc) is 2.33. The Kier molecular flexibility index (Phi) is 7.21. The van der Waals surface area contributed by atoms with Crippen LogP contribution in [0.25, 0.3) is 0 Å². The molecule has 1 fully saturated rings. The minimum atomic E-state index is -0.129. The Morgan fingerprint density at radius 1 is 1.35 bits per heavy atom. The summed E-state index contributed by atoms with van der Waals surface area (Å²) in [5.74, 6) is 0.477. The minimum Gasteiger partial charge on any atom is -0.462 e. The zero-order valence-corrected chi connectivity index (χ0v) is 11.0. The van der Waals surface area contributed by atoms with Crippen molar-refractivity contribution in [1.29, 1.82) is 0 Å². The predicted octanol–water partition coefficient (Wildman–Crippen LogP) is 1.73. The van der Waals surface area contributed by atoms with Gasteiger partial charge in [-0.1, -0.05) is 20.3 Å². The molecule has 1 aliphatic rings. The van der Waals surface area contributed by atoms with E-state index in [4.69, 9.17) is 9.47 Å². The van der Waals surface area contributed by atoms with E-state index in [9.17, 15) is 4.79 Å². The molecule has 0 bridgehead atoms. The SMILES string of the molecule is CCCCOCCOC(=O)C1CC(C)CCN1. The predicted molar refractivity (Wildman–Crippen MR) is 66.9 cm³/mol. The third kappa shape index (κ3) is 6.03. The van der Waals surface area contributed by atoms with Crippen molar-refractivity contribution in [3.05, 3.63) is 0 Å². The molecule has 0 aromatic carbocycles. The Bertz CT molecular complexity index is 221. The molecule has 1 rings (SSSR count). The molecule has 0 radical (unpaired) electrons. The van der Waals surface area contributed by atoms with E-state index < -0.39 is 0 Å². The molecule has 0 aromatic rings. The van der Waals surface area contributed by atoms with E-state index in [0.717, 1.165) is 38.8 Å². The van der Waals surface area contributed by atoms with Gasteiger partial charge < -0.3 is 14.8 Å². The van der Waals surface area contributed by atoms with Gasteiger partial charge in [-0.05, 0) is 31.7 Å². The second kappa shape index (κ2) is 8.48. The Labute approximate surface area is 104 Å². The molecule has 2 atom stereocenters. The zero-order valence-electron chi connectivity index (χ0n) is 11.0. The van der Waals surface area contributed by atoms with Crippen LogP contribution >= 0.6 is 0 Å². The number of carbonyl (C=O) groups is 1. The number of carbonyl (C=O) groups excluding carboxylic acids is 1. The Hall–Kier alpha value is -0.610. The van der Waals surface area contributed by atoms with Crippen molar-refractivity contribution < 1.29 is 14.3 Å². The molecule has 1 saturated heterocycles. The number of hydrogen-bond donors (Lipinski definition) is 1. The molecule has 1 aliphatic heterocycles. The van der Waals surface area contributed by atoms with Gasteiger partial charge in [0.15, 0.2) is 0 Å². The van der Waals surface area contributed by atoms with E-state index in [2.05, 4.69) is 19.2 Å². The van der Waals surface area contributed by atoms with Gasteiger partial charge in [-0.3, -0.25) is 4.79 Å². The second-order valence-electron chi connectivity index (χ2n) is 4.77. The highest BCUT2D eigenvalue weighted by atomic mass is 16.6. The van der Waals surface area contributed by atoms with Crippen LogP contribution in [0.15, 0.2) is 0 Å². The molecule has 100 valence electrons. The van der Waals surface area contributed by atoms with Crippen LogP contribution in [0, 0.1) is 5.92 Å². The first-order valence-corrected chi connectivity index (χ1v) is 6.71. The number of unbranched alkanes of at least 4 members (excludes halogenated alkanes) is 1. The number of ether oxygens (including phenoxy) is 2. The molecule has 4 nitrogen and oxygen atoms in total. The summed E-state index contributed by atoms with van der Waals surface area (Å²) in [5.41, 5.74) is 0. The molecule has 2 unspecified atom stereocenters. The second-order valence-corrected chi connectivity index (χ2v) is 4.77. The number of rotatable bonds is 7. The van der Waals surface area contributed by atoms with Crippen molar-refractivity contribution in [2.24, 2.45) is 5.92 Å². The first-order valence-electron chi connectivity index (χ1n) is 6.71. The monoisotopic (exact) mass is 243 g/mol. The lowest BCUT2D eigenvalue weighted by molar-refractivity contribution is -0.148. The summed E-state index contributed by atoms with van der Waals surface area (Å²) in [4.78, 5) is 11.7. The van der Waals surface area contributed by atoms with Crippen LogP contribution in [-0.4, -0.2) is 38.4 Å². The van der Waals surface area contributed by atoms with Crippen molar-refractivity contribution in [2.45, 2.75) is 45.6 Å². The first-order chi connectivity index (χ1) is 8.24. The van der Waals surface area contributed by atoms with Gasteiger partial charge in [-0.2, -0.15) is 0 Å². The van der Waals surface area contributed by atoms with Gasteiger partial charge in [0, 0.05) is 6.61 Å². The summed E-state index contributed by atoms with van der Waals surface area (Å²) in [6.45, 7) is 6.85. The van der Waals surface area contributed by atoms with E-state index in [1.165, 1.54) is 0 Å². The molecule has 0 aromatic heterocycles. The third-order valence-corrected chi connectivity index (χ3v) is 3.06. The van der Waals surface area contributed by atoms with E-state index in [0.29, 0.717) is 19.1 Å². The first kappa shape index (κ1) is 14.5. The molecule has 1 N–H and O–H groups in total. The van der Waals surface area contributed by atoms with Crippen LogP contribution in [0.3, 0.4) is 0 Å². The van der Waals surface area contributed by atoms with Crippen molar-refractivity contribution in [2.75, 3.05) is 26.4 Å². The third-order valence-electron chi connectivity index (χ3n) is 3.06. The number of hydrogen-bond acceptors (Lipinski definition) is 4. The maximum atomic E-state index is 11.7. The largest absolute Gasteiger partial charge is 0.462 e. The number of esters is 1. The maximum Gasteiger partial charge on any atom is 0.323 e. The molecule has 0 aliphatic carbocycles. The van der Waals surface area contributed by atoms with Gasteiger partial charge in [-0.25, -0.2) is 0 Å². The number of piperidine rings is 1. The summed E-state index contributed by atoms with van der Waals surface area (Å²) < 4.78 is 10.5. The van der Waals surface area contributed by atoms with Crippen LogP contribution in [-0.2, 0) is 14.3 Å². The topological polar surface area (TPSA) is 47.6 Å². The highest BCUT2D eigenvalue weighted by Crippen LogP contribution is 2.15. The lowest BCUT2D eigenvalue weighted by atomic mass is 9.94. The van der Waals surface area contributed by atoms with Crippen molar-refractivity contribution in [1.82, 2.24) is 5.32 Å². The van der Waals surface area contributed by atoms with Gasteiger partial charge >= 0.3 is 5.97 Å². The van der Waals surface area contributed by atoms with E-state index in [1.807, 2.05) is 0 Å². The Balaban J connectivity index is 2.04. The fourth-order valence-corrected chi connectivity index (χ4v) is 1.94. The van der Waals surface area contributed by atoms with Crippen molar-refractivity contribution in [3.8, 4) is 0 Å². The highest BCUT2D eigenvalue weighted by Gasteiger charge is 2.25. The summed E-state index contributed by atoms with van der Waals surface area (Å²) >= 11 is 0. The zero-order chi connectivity index (χ0) is 12.5. The van der Waals surface area contributed by atoms with Crippen LogP contribution < -0.4 is 5.32 Å². The minimum absolute atomic E-state index is 0.116. The van der Waals surface area contributed by atoms with Crippen LogP contribution in [0.2, 0.25) is 0 Å². The Morgan fingerprint density at radius 3 is 2.88 bits per heavy atom. The molecule has 0 saturated carbocycles. The summed E-state index contributed by atoms with van der Waals surface area (Å²) in [6, 6.07) is -0.116. The van der Waals surface area contributed by atoms with E-state index in [1.54, 1.807) is 0 Å². The lowest BCUT2D eigenvalue weighted by Crippen LogP contribution is -2.44. The fraction of sp³-hybridized carbons (Fsp3) is 0.923. The molecule has 1 heterocycles. The van der Waals surface area contributed by atoms with Crippen molar-refractivity contribution >= 4 is 5.97 Å². The summed E-state index contributed by atoms with van der Waals surface area (Å²) in [6.07, 6.45) is 4.22. The Morgan fingerprint density at radius 2 is 2.18 bits per heavy atom. The highest BCUT2D eigenvalue weighted by molar-refractivity contribution is 5.75. The van der Waals surface area contributed by atoms with Crippen LogP contribution in [0.1, 0.15) is 39.5 Å². The fourth-order valence-electron chi connectivity index (χ4n) is 1.94. The van der Waals surface area contributed by atoms with Gasteiger partial charge in [0.05, 0.1) is 6.61 Å². The molecule has 17 heavy (non-hydrogen) atoms. The summed E-state index contributed by atoms with van der Waals surface area (Å²) in [5, 5.41) is 3.20. The van der Waals surface area contributed by atoms with E-state index >= 15 is 0 Å². The molecular formula is C13H25NO3. The van der Waals surface area contributed by atoms with Gasteiger partial charge in [0.2, 0.25) is 0 Å². The van der Waals surface area contributed by atoms with Gasteiger partial charge in [-0.15, -0.1) is 0 Å². The smallest absolute Gasteiger partial charge is 0.323 e. The molecule has 0 amide bonds. The molecule has 4 heteroatoms. The normalized spacial score (nSPS) is 24.6. The maximum absolute atomic E-state index is 11.7. The quantitative estimate of drug-likeness (QED) is 0.546. The van der Waals surface area contributed by atoms with Gasteiger partial charge in [0.25, 0.3) is 0 Å². The molecule has 0 spiro atoms. The van der Waals surface area contributed by atoms with E-state index in [-0.39, 0.29) is 12.0 Å². The number of nitrogens with one attached hydrogen (secondary N) is 1. The van der Waals surface area contributed by atoms with Crippen molar-refractivity contribution in [3.63, 3.8) is 0 Å². The van der Waals surface area contributed by atoms with Gasteiger partial charge in [0.1, 0.15) is 12.6 Å². The van der Waals surface area contributed by atoms with Crippen LogP contribution in [0.5, 0.6) is 0 Å². The standard InChI is InChI=1S/C13H25NO3/c1-3-4-7-16-8-9-17-13(15)12-10-11(2)5-6-14-12/h11-12,14H,3-10H2,1-2H3. The molecular weight excluding hydrogens is 218 g/mol. The van der Waals surface area contributed by atoms with Crippen LogP contribution in [0.4, 0.5) is 0 Å². The lowest BCUT2D eigenvalue weighted by Gasteiger charge is -2.26. The average molecular weight is 243 g/mol.